The van der Waals surface area contributed by atoms with Crippen LogP contribution in [0.25, 0.3) is 11.3 Å². The summed E-state index contributed by atoms with van der Waals surface area (Å²) in [5, 5.41) is 29.3. The number of aromatic nitrogens is 1. The van der Waals surface area contributed by atoms with Crippen LogP contribution in [-0.2, 0) is 0 Å². The molecule has 3 aromatic rings. The molecule has 1 aromatic heterocycles. The predicted molar refractivity (Wildman–Crippen MR) is 113 cm³/mol. The third kappa shape index (κ3) is 5.18. The molecule has 154 valence electrons. The first-order chi connectivity index (χ1) is 14.0. The average molecular weight is 417 g/mol. The molecular formula is C22H25ClN2O4. The van der Waals surface area contributed by atoms with E-state index in [0.29, 0.717) is 17.1 Å². The van der Waals surface area contributed by atoms with Gasteiger partial charge in [-0.25, -0.2) is 4.84 Å². The van der Waals surface area contributed by atoms with Crippen molar-refractivity contribution >= 4 is 11.8 Å². The largest absolute Gasteiger partial charge is 0.457 e. The molecule has 5 N–H and O–H groups in total. The summed E-state index contributed by atoms with van der Waals surface area (Å²) in [6, 6.07) is 18.8. The molecule has 0 aliphatic rings. The van der Waals surface area contributed by atoms with Gasteiger partial charge in [0.25, 0.3) is 0 Å². The van der Waals surface area contributed by atoms with E-state index >= 15 is 0 Å². The van der Waals surface area contributed by atoms with Crippen LogP contribution in [0.4, 0.5) is 0 Å². The zero-order chi connectivity index (χ0) is 20.9. The topological polar surface area (TPSA) is 97.7 Å². The zero-order valence-electron chi connectivity index (χ0n) is 16.1. The predicted octanol–water partition coefficient (Wildman–Crippen LogP) is 3.67. The van der Waals surface area contributed by atoms with Crippen molar-refractivity contribution in [2.24, 2.45) is 0 Å². The first-order valence-corrected chi connectivity index (χ1v) is 9.68. The van der Waals surface area contributed by atoms with E-state index in [1.807, 2.05) is 43.3 Å². The van der Waals surface area contributed by atoms with E-state index in [1.54, 1.807) is 24.3 Å². The van der Waals surface area contributed by atoms with Gasteiger partial charge < -0.3 is 25.0 Å². The lowest BCUT2D eigenvalue weighted by Gasteiger charge is -2.30. The number of H-pyrrole nitrogens is 1. The lowest BCUT2D eigenvalue weighted by Crippen LogP contribution is -2.48. The fourth-order valence-corrected chi connectivity index (χ4v) is 3.23. The summed E-state index contributed by atoms with van der Waals surface area (Å²) in [5.74, 6) is 1.34. The smallest absolute Gasteiger partial charge is 0.127 e. The zero-order valence-corrected chi connectivity index (χ0v) is 16.9. The number of aromatic amines is 1. The Labute approximate surface area is 174 Å². The van der Waals surface area contributed by atoms with Crippen LogP contribution in [0, 0.1) is 6.92 Å². The summed E-state index contributed by atoms with van der Waals surface area (Å²) < 4.78 is 5.87. The van der Waals surface area contributed by atoms with Crippen molar-refractivity contribution in [2.45, 2.75) is 25.0 Å². The van der Waals surface area contributed by atoms with E-state index in [-0.39, 0.29) is 6.42 Å². The van der Waals surface area contributed by atoms with Gasteiger partial charge in [-0.1, -0.05) is 12.1 Å². The first-order valence-electron chi connectivity index (χ1n) is 9.30. The molecule has 0 aliphatic carbocycles. The number of hydrogen-bond acceptors (Lipinski definition) is 5. The number of nitrogens with one attached hydrogen (secondary N) is 2. The van der Waals surface area contributed by atoms with E-state index in [2.05, 4.69) is 9.82 Å². The Hall–Kier alpha value is -2.35. The summed E-state index contributed by atoms with van der Waals surface area (Å²) in [7, 11) is 0. The van der Waals surface area contributed by atoms with Crippen LogP contribution in [0.3, 0.4) is 0 Å². The molecule has 1 atom stereocenters. The molecule has 29 heavy (non-hydrogen) atoms. The SMILES string of the molecule is Cc1ccc(-c2ccc(Oc3ccc(C(O)CC(CO)(CO)NCl)cc3)cc2)[nH]1. The number of hydrogen-bond donors (Lipinski definition) is 5. The second-order valence-electron chi connectivity index (χ2n) is 7.16. The normalized spacial score (nSPS) is 12.7. The summed E-state index contributed by atoms with van der Waals surface area (Å²) in [4.78, 5) is 5.66. The van der Waals surface area contributed by atoms with Gasteiger partial charge in [0.2, 0.25) is 0 Å². The number of benzene rings is 2. The monoisotopic (exact) mass is 416 g/mol. The van der Waals surface area contributed by atoms with Crippen molar-refractivity contribution in [3.63, 3.8) is 0 Å². The molecule has 2 aromatic carbocycles. The van der Waals surface area contributed by atoms with Gasteiger partial charge in [0.1, 0.15) is 11.5 Å². The van der Waals surface area contributed by atoms with E-state index in [0.717, 1.165) is 17.0 Å². The number of aliphatic hydroxyl groups excluding tert-OH is 3. The standard InChI is InChI=1S/C22H25ClN2O4/c1-15-2-11-20(24-15)16-3-7-18(8-4-16)29-19-9-5-17(6-10-19)21(28)12-22(13-26,14-27)25-23/h2-11,21,24-28H,12-14H2,1H3. The average Bonchev–Trinajstić information content (AvgIpc) is 3.19. The van der Waals surface area contributed by atoms with Crippen LogP contribution < -0.4 is 9.57 Å². The van der Waals surface area contributed by atoms with E-state index in [9.17, 15) is 15.3 Å². The molecule has 0 fully saturated rings. The number of rotatable bonds is 9. The van der Waals surface area contributed by atoms with Crippen molar-refractivity contribution < 1.29 is 20.1 Å². The number of ether oxygens (including phenoxy) is 1. The Bertz CT molecular complexity index is 897. The highest BCUT2D eigenvalue weighted by Crippen LogP contribution is 2.29. The minimum absolute atomic E-state index is 0.0589. The van der Waals surface area contributed by atoms with Crippen molar-refractivity contribution in [1.82, 2.24) is 9.82 Å². The maximum Gasteiger partial charge on any atom is 0.127 e. The molecule has 1 heterocycles. The maximum absolute atomic E-state index is 10.4. The van der Waals surface area contributed by atoms with E-state index in [4.69, 9.17) is 16.5 Å². The molecule has 7 heteroatoms. The Kier molecular flexibility index (Phi) is 6.95. The molecule has 0 amide bonds. The molecule has 0 spiro atoms. The molecule has 0 saturated carbocycles. The molecule has 0 saturated heterocycles. The van der Waals surface area contributed by atoms with Crippen molar-refractivity contribution in [3.8, 4) is 22.8 Å². The minimum atomic E-state index is -1.16. The van der Waals surface area contributed by atoms with E-state index < -0.39 is 24.9 Å². The van der Waals surface area contributed by atoms with Gasteiger partial charge in [-0.3, -0.25) is 0 Å². The van der Waals surface area contributed by atoms with Gasteiger partial charge >= 0.3 is 0 Å². The second-order valence-corrected chi connectivity index (χ2v) is 7.35. The van der Waals surface area contributed by atoms with Gasteiger partial charge in [0, 0.05) is 17.8 Å². The highest BCUT2D eigenvalue weighted by molar-refractivity contribution is 6.13. The highest BCUT2D eigenvalue weighted by atomic mass is 35.5. The molecule has 6 nitrogen and oxygen atoms in total. The van der Waals surface area contributed by atoms with Gasteiger partial charge in [0.05, 0.1) is 24.9 Å². The molecular weight excluding hydrogens is 392 g/mol. The Morgan fingerprint density at radius 1 is 0.966 bits per heavy atom. The number of aryl methyl sites for hydroxylation is 1. The van der Waals surface area contributed by atoms with Crippen LogP contribution in [0.1, 0.15) is 23.8 Å². The molecule has 0 radical (unpaired) electrons. The molecule has 0 aliphatic heterocycles. The summed E-state index contributed by atoms with van der Waals surface area (Å²) in [6.45, 7) is 1.22. The van der Waals surface area contributed by atoms with E-state index in [1.165, 1.54) is 0 Å². The lowest BCUT2D eigenvalue weighted by molar-refractivity contribution is 0.0526. The summed E-state index contributed by atoms with van der Waals surface area (Å²) in [5.41, 5.74) is 2.72. The first kappa shape index (κ1) is 21.4. The minimum Gasteiger partial charge on any atom is -0.457 e. The van der Waals surface area contributed by atoms with Crippen LogP contribution in [-0.4, -0.2) is 39.1 Å². The lowest BCUT2D eigenvalue weighted by atomic mass is 9.92. The number of halogens is 1. The number of aliphatic hydroxyl groups is 3. The van der Waals surface area contributed by atoms with Crippen LogP contribution >= 0.6 is 11.8 Å². The van der Waals surface area contributed by atoms with Gasteiger partial charge in [-0.2, -0.15) is 0 Å². The fourth-order valence-electron chi connectivity index (χ4n) is 3.03. The molecule has 0 bridgehead atoms. The van der Waals surface area contributed by atoms with Gasteiger partial charge in [0.15, 0.2) is 0 Å². The third-order valence-corrected chi connectivity index (χ3v) is 5.29. The Morgan fingerprint density at radius 2 is 1.55 bits per heavy atom. The molecule has 1 unspecified atom stereocenters. The third-order valence-electron chi connectivity index (χ3n) is 4.89. The Balaban J connectivity index is 1.64. The van der Waals surface area contributed by atoms with Crippen LogP contribution in [0.15, 0.2) is 60.7 Å². The Morgan fingerprint density at radius 3 is 2.03 bits per heavy atom. The second kappa shape index (κ2) is 9.43. The molecule has 3 rings (SSSR count). The summed E-state index contributed by atoms with van der Waals surface area (Å²) in [6.07, 6.45) is -0.846. The van der Waals surface area contributed by atoms with Crippen molar-refractivity contribution in [1.29, 1.82) is 0 Å². The van der Waals surface area contributed by atoms with Crippen LogP contribution in [0.2, 0.25) is 0 Å². The fraction of sp³-hybridized carbons (Fsp3) is 0.273. The summed E-state index contributed by atoms with van der Waals surface area (Å²) >= 11 is 5.62. The van der Waals surface area contributed by atoms with Crippen molar-refractivity contribution in [2.75, 3.05) is 13.2 Å². The van der Waals surface area contributed by atoms with Crippen molar-refractivity contribution in [3.05, 3.63) is 71.9 Å². The van der Waals surface area contributed by atoms with Gasteiger partial charge in [-0.15, -0.1) is 0 Å². The van der Waals surface area contributed by atoms with Gasteiger partial charge in [-0.05, 0) is 78.4 Å². The maximum atomic E-state index is 10.4. The highest BCUT2D eigenvalue weighted by Gasteiger charge is 2.31. The quantitative estimate of drug-likeness (QED) is 0.343. The van der Waals surface area contributed by atoms with Crippen LogP contribution in [0.5, 0.6) is 11.5 Å².